The van der Waals surface area contributed by atoms with Crippen molar-refractivity contribution in [2.24, 2.45) is 0 Å². The SMILES string of the molecule is Cc1cc(C)cc(N(C(=O)c2ccc(F)c([N+](=O)[O-])c2)c2nc3ccccc3s2)c1. The van der Waals surface area contributed by atoms with Crippen LogP contribution in [0.5, 0.6) is 0 Å². The van der Waals surface area contributed by atoms with Gasteiger partial charge in [-0.2, -0.15) is 4.39 Å². The molecular formula is C22H16FN3O3S. The van der Waals surface area contributed by atoms with Crippen LogP contribution in [0.2, 0.25) is 0 Å². The molecule has 0 spiro atoms. The Morgan fingerprint density at radius 2 is 1.77 bits per heavy atom. The molecule has 1 heterocycles. The standard InChI is InChI=1S/C22H16FN3O3S/c1-13-9-14(2)11-16(10-13)25(22-24-18-5-3-4-6-20(18)30-22)21(27)15-7-8-17(23)19(12-15)26(28)29/h3-12H,1-2H3. The van der Waals surface area contributed by atoms with E-state index in [1.54, 1.807) is 0 Å². The number of nitro benzene ring substituents is 1. The Bertz CT molecular complexity index is 1250. The second-order valence-electron chi connectivity index (χ2n) is 6.87. The summed E-state index contributed by atoms with van der Waals surface area (Å²) < 4.78 is 14.7. The third-order valence-electron chi connectivity index (χ3n) is 4.53. The summed E-state index contributed by atoms with van der Waals surface area (Å²) in [4.78, 5) is 29.8. The molecule has 3 aromatic carbocycles. The number of hydrogen-bond donors (Lipinski definition) is 0. The minimum atomic E-state index is -0.991. The van der Waals surface area contributed by atoms with Gasteiger partial charge in [-0.3, -0.25) is 19.8 Å². The van der Waals surface area contributed by atoms with Gasteiger partial charge in [-0.1, -0.05) is 29.5 Å². The van der Waals surface area contributed by atoms with Crippen molar-refractivity contribution in [1.82, 2.24) is 4.98 Å². The fourth-order valence-electron chi connectivity index (χ4n) is 3.26. The summed E-state index contributed by atoms with van der Waals surface area (Å²) in [7, 11) is 0. The molecule has 0 aliphatic rings. The van der Waals surface area contributed by atoms with E-state index in [0.29, 0.717) is 10.8 Å². The van der Waals surface area contributed by atoms with Crippen LogP contribution in [0, 0.1) is 29.8 Å². The Hall–Kier alpha value is -3.65. The molecule has 0 aliphatic heterocycles. The lowest BCUT2D eigenvalue weighted by Crippen LogP contribution is -2.26. The molecule has 0 radical (unpaired) electrons. The molecule has 150 valence electrons. The summed E-state index contributed by atoms with van der Waals surface area (Å²) in [6, 6.07) is 16.3. The van der Waals surface area contributed by atoms with Crippen LogP contribution >= 0.6 is 11.3 Å². The van der Waals surface area contributed by atoms with Crippen molar-refractivity contribution in [3.8, 4) is 0 Å². The smallest absolute Gasteiger partial charge is 0.268 e. The van der Waals surface area contributed by atoms with Crippen molar-refractivity contribution in [1.29, 1.82) is 0 Å². The van der Waals surface area contributed by atoms with Crippen molar-refractivity contribution >= 4 is 44.0 Å². The number of benzene rings is 3. The maximum Gasteiger partial charge on any atom is 0.305 e. The number of aryl methyl sites for hydroxylation is 2. The van der Waals surface area contributed by atoms with Crippen molar-refractivity contribution in [3.63, 3.8) is 0 Å². The molecule has 4 rings (SSSR count). The zero-order valence-electron chi connectivity index (χ0n) is 16.1. The van der Waals surface area contributed by atoms with Gasteiger partial charge < -0.3 is 0 Å². The number of thiazole rings is 1. The second kappa shape index (κ2) is 7.64. The number of halogens is 1. The fraction of sp³-hybridized carbons (Fsp3) is 0.0909. The molecule has 0 unspecified atom stereocenters. The zero-order valence-corrected chi connectivity index (χ0v) is 16.9. The van der Waals surface area contributed by atoms with Gasteiger partial charge in [-0.05, 0) is 61.4 Å². The highest BCUT2D eigenvalue weighted by Gasteiger charge is 2.26. The monoisotopic (exact) mass is 421 g/mol. The van der Waals surface area contributed by atoms with E-state index < -0.39 is 22.3 Å². The average molecular weight is 421 g/mol. The van der Waals surface area contributed by atoms with Gasteiger partial charge >= 0.3 is 5.69 Å². The minimum Gasteiger partial charge on any atom is -0.268 e. The molecule has 4 aromatic rings. The van der Waals surface area contributed by atoms with Crippen LogP contribution in [-0.4, -0.2) is 15.8 Å². The minimum absolute atomic E-state index is 0.00140. The molecule has 1 aromatic heterocycles. The lowest BCUT2D eigenvalue weighted by atomic mass is 10.1. The Morgan fingerprint density at radius 3 is 2.43 bits per heavy atom. The van der Waals surface area contributed by atoms with Crippen LogP contribution in [0.25, 0.3) is 10.2 Å². The molecule has 30 heavy (non-hydrogen) atoms. The maximum atomic E-state index is 13.8. The normalized spacial score (nSPS) is 10.9. The molecule has 8 heteroatoms. The van der Waals surface area contributed by atoms with Gasteiger partial charge in [0.15, 0.2) is 5.13 Å². The number of aromatic nitrogens is 1. The number of carbonyl (C=O) groups is 1. The maximum absolute atomic E-state index is 13.8. The van der Waals surface area contributed by atoms with E-state index >= 15 is 0 Å². The van der Waals surface area contributed by atoms with Crippen LogP contribution in [0.15, 0.2) is 60.7 Å². The van der Waals surface area contributed by atoms with Gasteiger partial charge in [-0.15, -0.1) is 0 Å². The van der Waals surface area contributed by atoms with Gasteiger partial charge in [0.05, 0.1) is 20.8 Å². The van der Waals surface area contributed by atoms with E-state index in [-0.39, 0.29) is 5.56 Å². The van der Waals surface area contributed by atoms with E-state index in [4.69, 9.17) is 0 Å². The Balaban J connectivity index is 1.90. The van der Waals surface area contributed by atoms with Crippen LogP contribution in [0.1, 0.15) is 21.5 Å². The van der Waals surface area contributed by atoms with E-state index in [1.165, 1.54) is 22.3 Å². The largest absolute Gasteiger partial charge is 0.305 e. The number of nitrogens with zero attached hydrogens (tertiary/aromatic N) is 3. The second-order valence-corrected chi connectivity index (χ2v) is 7.88. The third-order valence-corrected chi connectivity index (χ3v) is 5.55. The molecular weight excluding hydrogens is 405 g/mol. The average Bonchev–Trinajstić information content (AvgIpc) is 3.11. The summed E-state index contributed by atoms with van der Waals surface area (Å²) in [5.41, 5.74) is 2.49. The summed E-state index contributed by atoms with van der Waals surface area (Å²) in [5, 5.41) is 11.6. The number of rotatable bonds is 4. The number of anilines is 2. The first-order valence-electron chi connectivity index (χ1n) is 9.06. The molecule has 0 N–H and O–H groups in total. The van der Waals surface area contributed by atoms with Crippen molar-refractivity contribution in [2.75, 3.05) is 4.90 Å². The number of hydrogen-bond acceptors (Lipinski definition) is 5. The number of carbonyl (C=O) groups excluding carboxylic acids is 1. The van der Waals surface area contributed by atoms with Crippen molar-refractivity contribution in [3.05, 3.63) is 93.3 Å². The summed E-state index contributed by atoms with van der Waals surface area (Å²) in [6.45, 7) is 3.83. The van der Waals surface area contributed by atoms with Crippen LogP contribution in [0.3, 0.4) is 0 Å². The van der Waals surface area contributed by atoms with E-state index in [1.807, 2.05) is 56.3 Å². The summed E-state index contributed by atoms with van der Waals surface area (Å²) in [5.74, 6) is -1.52. The van der Waals surface area contributed by atoms with E-state index in [9.17, 15) is 19.3 Å². The molecule has 0 saturated carbocycles. The van der Waals surface area contributed by atoms with Gasteiger partial charge in [0.1, 0.15) is 0 Å². The summed E-state index contributed by atoms with van der Waals surface area (Å²) in [6.07, 6.45) is 0. The number of nitro groups is 1. The van der Waals surface area contributed by atoms with Crippen molar-refractivity contribution < 1.29 is 14.1 Å². The van der Waals surface area contributed by atoms with Crippen molar-refractivity contribution in [2.45, 2.75) is 13.8 Å². The first-order valence-corrected chi connectivity index (χ1v) is 9.87. The van der Waals surface area contributed by atoms with Gasteiger partial charge in [-0.25, -0.2) is 4.98 Å². The predicted molar refractivity (Wildman–Crippen MR) is 115 cm³/mol. The number of fused-ring (bicyclic) bond motifs is 1. The number of amides is 1. The highest BCUT2D eigenvalue weighted by atomic mass is 32.1. The Morgan fingerprint density at radius 1 is 1.07 bits per heavy atom. The lowest BCUT2D eigenvalue weighted by molar-refractivity contribution is -0.387. The Labute approximate surface area is 175 Å². The van der Waals surface area contributed by atoms with Gasteiger partial charge in [0.2, 0.25) is 5.82 Å². The zero-order chi connectivity index (χ0) is 21.4. The highest BCUT2D eigenvalue weighted by molar-refractivity contribution is 7.22. The molecule has 0 saturated heterocycles. The topological polar surface area (TPSA) is 76.3 Å². The third kappa shape index (κ3) is 3.65. The fourth-order valence-corrected chi connectivity index (χ4v) is 4.25. The van der Waals surface area contributed by atoms with E-state index in [0.717, 1.165) is 33.5 Å². The Kier molecular flexibility index (Phi) is 5.01. The molecule has 6 nitrogen and oxygen atoms in total. The highest BCUT2D eigenvalue weighted by Crippen LogP contribution is 2.36. The predicted octanol–water partition coefficient (Wildman–Crippen LogP) is 5.94. The van der Waals surface area contributed by atoms with Crippen LogP contribution < -0.4 is 4.90 Å². The molecule has 0 fully saturated rings. The number of para-hydroxylation sites is 1. The summed E-state index contributed by atoms with van der Waals surface area (Å²) >= 11 is 1.33. The van der Waals surface area contributed by atoms with Gasteiger partial charge in [0, 0.05) is 11.6 Å². The first-order chi connectivity index (χ1) is 14.3. The molecule has 0 aliphatic carbocycles. The lowest BCUT2D eigenvalue weighted by Gasteiger charge is -2.21. The van der Waals surface area contributed by atoms with Crippen LogP contribution in [0.4, 0.5) is 20.9 Å². The van der Waals surface area contributed by atoms with Gasteiger partial charge in [0.25, 0.3) is 5.91 Å². The molecule has 0 bridgehead atoms. The molecule has 1 amide bonds. The van der Waals surface area contributed by atoms with Crippen LogP contribution in [-0.2, 0) is 0 Å². The first kappa shape index (κ1) is 19.7. The quantitative estimate of drug-likeness (QED) is 0.302. The molecule has 0 atom stereocenters. The van der Waals surface area contributed by atoms with E-state index in [2.05, 4.69) is 4.98 Å².